The molecule has 0 spiro atoms. The maximum Gasteiger partial charge on any atom is 0.305 e. The highest BCUT2D eigenvalue weighted by Gasteiger charge is 2.27. The number of carbonyl (C=O) groups excluding carboxylic acids is 1. The molecule has 0 bridgehead atoms. The SMILES string of the molecule is CC(C)(C)C(CC(=O)O)NC(=O)/C=C/c1cccnc1. The van der Waals surface area contributed by atoms with E-state index in [2.05, 4.69) is 10.3 Å². The van der Waals surface area contributed by atoms with E-state index >= 15 is 0 Å². The maximum atomic E-state index is 11.8. The van der Waals surface area contributed by atoms with Crippen molar-refractivity contribution >= 4 is 18.0 Å². The molecule has 0 aliphatic rings. The number of carboxylic acids is 1. The molecular formula is C15H20N2O3. The molecule has 1 atom stereocenters. The lowest BCUT2D eigenvalue weighted by Gasteiger charge is -2.29. The summed E-state index contributed by atoms with van der Waals surface area (Å²) in [6.45, 7) is 5.68. The van der Waals surface area contributed by atoms with Gasteiger partial charge in [-0.15, -0.1) is 0 Å². The average molecular weight is 276 g/mol. The first-order valence-electron chi connectivity index (χ1n) is 6.39. The van der Waals surface area contributed by atoms with Crippen LogP contribution >= 0.6 is 0 Å². The number of carbonyl (C=O) groups is 2. The second-order valence-electron chi connectivity index (χ2n) is 5.64. The number of nitrogens with zero attached hydrogens (tertiary/aromatic N) is 1. The fraction of sp³-hybridized carbons (Fsp3) is 0.400. The van der Waals surface area contributed by atoms with Gasteiger partial charge in [-0.1, -0.05) is 26.8 Å². The Morgan fingerprint density at radius 1 is 1.45 bits per heavy atom. The van der Waals surface area contributed by atoms with E-state index in [1.807, 2.05) is 26.8 Å². The molecule has 0 saturated carbocycles. The van der Waals surface area contributed by atoms with E-state index in [0.717, 1.165) is 5.56 Å². The molecule has 1 unspecified atom stereocenters. The number of hydrogen-bond donors (Lipinski definition) is 2. The summed E-state index contributed by atoms with van der Waals surface area (Å²) in [5.41, 5.74) is 0.490. The zero-order valence-corrected chi connectivity index (χ0v) is 12.0. The number of amides is 1. The van der Waals surface area contributed by atoms with E-state index in [9.17, 15) is 9.59 Å². The molecule has 108 valence electrons. The standard InChI is InChI=1S/C15H20N2O3/c1-15(2,3)12(9-14(19)20)17-13(18)7-6-11-5-4-8-16-10-11/h4-8,10,12H,9H2,1-3H3,(H,17,18)(H,19,20)/b7-6+. The molecule has 20 heavy (non-hydrogen) atoms. The first-order valence-corrected chi connectivity index (χ1v) is 6.39. The maximum absolute atomic E-state index is 11.8. The Morgan fingerprint density at radius 2 is 2.15 bits per heavy atom. The number of aliphatic carboxylic acids is 1. The number of hydrogen-bond acceptors (Lipinski definition) is 3. The summed E-state index contributed by atoms with van der Waals surface area (Å²) in [4.78, 5) is 26.6. The zero-order chi connectivity index (χ0) is 15.2. The topological polar surface area (TPSA) is 79.3 Å². The fourth-order valence-corrected chi connectivity index (χ4v) is 1.61. The smallest absolute Gasteiger partial charge is 0.305 e. The quantitative estimate of drug-likeness (QED) is 0.807. The second kappa shape index (κ2) is 6.84. The molecule has 0 aliphatic heterocycles. The van der Waals surface area contributed by atoms with Gasteiger partial charge in [-0.05, 0) is 23.1 Å². The summed E-state index contributed by atoms with van der Waals surface area (Å²) < 4.78 is 0. The van der Waals surface area contributed by atoms with Crippen LogP contribution in [0.5, 0.6) is 0 Å². The molecule has 0 radical (unpaired) electrons. The molecular weight excluding hydrogens is 256 g/mol. The summed E-state index contributed by atoms with van der Waals surface area (Å²) in [6, 6.07) is 3.18. The van der Waals surface area contributed by atoms with Gasteiger partial charge in [0, 0.05) is 24.5 Å². The van der Waals surface area contributed by atoms with E-state index in [1.165, 1.54) is 6.08 Å². The van der Waals surface area contributed by atoms with Gasteiger partial charge >= 0.3 is 5.97 Å². The van der Waals surface area contributed by atoms with Gasteiger partial charge in [0.15, 0.2) is 0 Å². The van der Waals surface area contributed by atoms with Gasteiger partial charge in [-0.25, -0.2) is 0 Å². The minimum atomic E-state index is -0.929. The van der Waals surface area contributed by atoms with Crippen molar-refractivity contribution in [2.45, 2.75) is 33.2 Å². The van der Waals surface area contributed by atoms with Crippen LogP contribution in [0, 0.1) is 5.41 Å². The normalized spacial score (nSPS) is 13.2. The molecule has 0 aliphatic carbocycles. The van der Waals surface area contributed by atoms with Crippen LogP contribution in [0.3, 0.4) is 0 Å². The molecule has 5 heteroatoms. The minimum Gasteiger partial charge on any atom is -0.481 e. The third-order valence-corrected chi connectivity index (χ3v) is 2.85. The predicted molar refractivity (Wildman–Crippen MR) is 76.9 cm³/mol. The second-order valence-corrected chi connectivity index (χ2v) is 5.64. The summed E-state index contributed by atoms with van der Waals surface area (Å²) in [5.74, 6) is -1.24. The van der Waals surface area contributed by atoms with Crippen molar-refractivity contribution in [3.63, 3.8) is 0 Å². The molecule has 2 N–H and O–H groups in total. The highest BCUT2D eigenvalue weighted by Crippen LogP contribution is 2.21. The van der Waals surface area contributed by atoms with E-state index in [1.54, 1.807) is 24.5 Å². The van der Waals surface area contributed by atoms with Crippen molar-refractivity contribution in [1.29, 1.82) is 0 Å². The highest BCUT2D eigenvalue weighted by atomic mass is 16.4. The lowest BCUT2D eigenvalue weighted by molar-refractivity contribution is -0.138. The lowest BCUT2D eigenvalue weighted by atomic mass is 9.84. The summed E-state index contributed by atoms with van der Waals surface area (Å²) >= 11 is 0. The van der Waals surface area contributed by atoms with E-state index < -0.39 is 12.0 Å². The molecule has 0 saturated heterocycles. The van der Waals surface area contributed by atoms with Crippen LogP contribution in [0.25, 0.3) is 6.08 Å². The van der Waals surface area contributed by atoms with Gasteiger partial charge in [0.05, 0.1) is 6.42 Å². The van der Waals surface area contributed by atoms with Gasteiger partial charge in [-0.2, -0.15) is 0 Å². The number of aromatic nitrogens is 1. The first-order chi connectivity index (χ1) is 9.29. The number of carboxylic acid groups (broad SMARTS) is 1. The summed E-state index contributed by atoms with van der Waals surface area (Å²) in [6.07, 6.45) is 6.22. The summed E-state index contributed by atoms with van der Waals surface area (Å²) in [7, 11) is 0. The first kappa shape index (κ1) is 15.9. The number of nitrogens with one attached hydrogen (secondary N) is 1. The number of pyridine rings is 1. The van der Waals surface area contributed by atoms with Crippen molar-refractivity contribution in [2.24, 2.45) is 5.41 Å². The Labute approximate surface area is 118 Å². The van der Waals surface area contributed by atoms with Crippen molar-refractivity contribution in [3.8, 4) is 0 Å². The Bertz CT molecular complexity index is 490. The molecule has 5 nitrogen and oxygen atoms in total. The van der Waals surface area contributed by atoms with Gasteiger partial charge < -0.3 is 10.4 Å². The predicted octanol–water partition coefficient (Wildman–Crippen LogP) is 2.10. The van der Waals surface area contributed by atoms with Crippen LogP contribution in [0.15, 0.2) is 30.6 Å². The van der Waals surface area contributed by atoms with E-state index in [0.29, 0.717) is 0 Å². The third-order valence-electron chi connectivity index (χ3n) is 2.85. The van der Waals surface area contributed by atoms with Crippen molar-refractivity contribution < 1.29 is 14.7 Å². The Hall–Kier alpha value is -2.17. The molecule has 1 amide bonds. The Kier molecular flexibility index (Phi) is 5.43. The van der Waals surface area contributed by atoms with E-state index in [-0.39, 0.29) is 17.7 Å². The average Bonchev–Trinajstić information content (AvgIpc) is 2.35. The van der Waals surface area contributed by atoms with Crippen LogP contribution in [0.1, 0.15) is 32.8 Å². The van der Waals surface area contributed by atoms with Crippen LogP contribution in [0.4, 0.5) is 0 Å². The van der Waals surface area contributed by atoms with Crippen LogP contribution in [0.2, 0.25) is 0 Å². The molecule has 0 aromatic carbocycles. The molecule has 1 aromatic rings. The van der Waals surface area contributed by atoms with Gasteiger partial charge in [0.25, 0.3) is 0 Å². The monoisotopic (exact) mass is 276 g/mol. The van der Waals surface area contributed by atoms with Crippen LogP contribution in [-0.4, -0.2) is 28.0 Å². The van der Waals surface area contributed by atoms with Crippen LogP contribution < -0.4 is 5.32 Å². The molecule has 1 aromatic heterocycles. The van der Waals surface area contributed by atoms with E-state index in [4.69, 9.17) is 5.11 Å². The summed E-state index contributed by atoms with van der Waals surface area (Å²) in [5, 5.41) is 11.6. The Morgan fingerprint density at radius 3 is 2.65 bits per heavy atom. The van der Waals surface area contributed by atoms with Crippen molar-refractivity contribution in [1.82, 2.24) is 10.3 Å². The van der Waals surface area contributed by atoms with Gasteiger partial charge in [0.2, 0.25) is 5.91 Å². The molecule has 1 rings (SSSR count). The largest absolute Gasteiger partial charge is 0.481 e. The fourth-order valence-electron chi connectivity index (χ4n) is 1.61. The van der Waals surface area contributed by atoms with Crippen LogP contribution in [-0.2, 0) is 9.59 Å². The van der Waals surface area contributed by atoms with Gasteiger partial charge in [-0.3, -0.25) is 14.6 Å². The molecule has 0 fully saturated rings. The third kappa shape index (κ3) is 5.65. The zero-order valence-electron chi connectivity index (χ0n) is 12.0. The highest BCUT2D eigenvalue weighted by molar-refractivity contribution is 5.92. The minimum absolute atomic E-state index is 0.101. The van der Waals surface area contributed by atoms with Crippen molar-refractivity contribution in [2.75, 3.05) is 0 Å². The lowest BCUT2D eigenvalue weighted by Crippen LogP contribution is -2.44. The molecule has 1 heterocycles. The van der Waals surface area contributed by atoms with Gasteiger partial charge in [0.1, 0.15) is 0 Å². The Balaban J connectivity index is 2.67. The van der Waals surface area contributed by atoms with Crippen molar-refractivity contribution in [3.05, 3.63) is 36.2 Å². The number of rotatable bonds is 5.